The van der Waals surface area contributed by atoms with Crippen LogP contribution in [-0.4, -0.2) is 21.9 Å². The van der Waals surface area contributed by atoms with Crippen LogP contribution in [0.25, 0.3) is 5.69 Å². The number of hydrazone groups is 1. The second-order valence-electron chi connectivity index (χ2n) is 7.70. The third-order valence-electron chi connectivity index (χ3n) is 4.49. The van der Waals surface area contributed by atoms with E-state index in [-0.39, 0.29) is 17.1 Å². The molecule has 2 aromatic carbocycles. The summed E-state index contributed by atoms with van der Waals surface area (Å²) in [5.41, 5.74) is 6.01. The molecule has 1 aromatic heterocycles. The molecule has 0 aliphatic rings. The Balaban J connectivity index is 1.73. The molecule has 3 aromatic rings. The fourth-order valence-corrected chi connectivity index (χ4v) is 3.07. The van der Waals surface area contributed by atoms with Gasteiger partial charge in [-0.1, -0.05) is 44.5 Å². The molecule has 0 spiro atoms. The molecular weight excluding hydrogens is 391 g/mol. The summed E-state index contributed by atoms with van der Waals surface area (Å²) in [5.74, 6) is -0.657. The summed E-state index contributed by atoms with van der Waals surface area (Å²) in [7, 11) is 0. The van der Waals surface area contributed by atoms with Crippen molar-refractivity contribution in [1.82, 2.24) is 15.2 Å². The Labute approximate surface area is 174 Å². The molecule has 1 N–H and O–H groups in total. The predicted molar refractivity (Wildman–Crippen MR) is 113 cm³/mol. The van der Waals surface area contributed by atoms with E-state index in [1.54, 1.807) is 31.2 Å². The monoisotopic (exact) mass is 412 g/mol. The van der Waals surface area contributed by atoms with Gasteiger partial charge >= 0.3 is 0 Å². The van der Waals surface area contributed by atoms with Gasteiger partial charge in [0.1, 0.15) is 11.0 Å². The van der Waals surface area contributed by atoms with Gasteiger partial charge in [0.2, 0.25) is 0 Å². The minimum Gasteiger partial charge on any atom is -0.267 e. The number of carbonyl (C=O) groups excluding carboxylic acids is 1. The summed E-state index contributed by atoms with van der Waals surface area (Å²) >= 11 is 6.40. The molecule has 0 atom stereocenters. The Kier molecular flexibility index (Phi) is 5.84. The van der Waals surface area contributed by atoms with E-state index in [0.29, 0.717) is 27.7 Å². The molecule has 3 rings (SSSR count). The van der Waals surface area contributed by atoms with Gasteiger partial charge in [-0.05, 0) is 54.3 Å². The molecule has 7 heteroatoms. The number of rotatable bonds is 4. The fraction of sp³-hybridized carbons (Fsp3) is 0.227. The maximum atomic E-state index is 13.1. The number of nitrogens with one attached hydrogen (secondary N) is 1. The van der Waals surface area contributed by atoms with Gasteiger partial charge in [0.15, 0.2) is 0 Å². The molecule has 1 heterocycles. The quantitative estimate of drug-likeness (QED) is 0.482. The molecule has 0 saturated heterocycles. The first-order chi connectivity index (χ1) is 13.7. The molecule has 0 saturated carbocycles. The van der Waals surface area contributed by atoms with Gasteiger partial charge in [-0.15, -0.1) is 0 Å². The molecule has 0 bridgehead atoms. The number of hydrogen-bond donors (Lipinski definition) is 1. The lowest BCUT2D eigenvalue weighted by Gasteiger charge is -2.18. The molecule has 1 amide bonds. The second-order valence-corrected chi connectivity index (χ2v) is 8.06. The number of amides is 1. The summed E-state index contributed by atoms with van der Waals surface area (Å²) in [4.78, 5) is 12.3. The first kappa shape index (κ1) is 20.7. The van der Waals surface area contributed by atoms with E-state index in [0.717, 1.165) is 5.56 Å². The van der Waals surface area contributed by atoms with Gasteiger partial charge in [-0.3, -0.25) is 4.79 Å². The summed E-state index contributed by atoms with van der Waals surface area (Å²) < 4.78 is 14.6. The van der Waals surface area contributed by atoms with Crippen molar-refractivity contribution in [3.8, 4) is 5.69 Å². The van der Waals surface area contributed by atoms with Crippen LogP contribution in [0.5, 0.6) is 0 Å². The van der Waals surface area contributed by atoms with Crippen LogP contribution in [0.4, 0.5) is 4.39 Å². The highest BCUT2D eigenvalue weighted by molar-refractivity contribution is 6.32. The van der Waals surface area contributed by atoms with Gasteiger partial charge in [-0.2, -0.15) is 10.2 Å². The van der Waals surface area contributed by atoms with Crippen LogP contribution >= 0.6 is 11.6 Å². The van der Waals surface area contributed by atoms with Crippen molar-refractivity contribution in [2.75, 3.05) is 0 Å². The number of aryl methyl sites for hydroxylation is 1. The molecule has 0 unspecified atom stereocenters. The van der Waals surface area contributed by atoms with Crippen LogP contribution in [0, 0.1) is 12.7 Å². The number of carbonyl (C=O) groups is 1. The SMILES string of the molecule is Cc1nn(-c2ccc(F)cc2)c(Cl)c1/C=N\NC(=O)c1ccc(C(C)(C)C)cc1. The fourth-order valence-electron chi connectivity index (χ4n) is 2.75. The zero-order valence-corrected chi connectivity index (χ0v) is 17.5. The van der Waals surface area contributed by atoms with E-state index in [1.165, 1.54) is 23.0 Å². The van der Waals surface area contributed by atoms with Crippen LogP contribution in [0.1, 0.15) is 48.0 Å². The normalized spacial score (nSPS) is 11.8. The molecule has 0 radical (unpaired) electrons. The molecular formula is C22H22ClFN4O. The van der Waals surface area contributed by atoms with Crippen LogP contribution in [-0.2, 0) is 5.41 Å². The van der Waals surface area contributed by atoms with E-state index < -0.39 is 0 Å². The van der Waals surface area contributed by atoms with Crippen molar-refractivity contribution in [3.05, 3.63) is 81.9 Å². The number of nitrogens with zero attached hydrogens (tertiary/aromatic N) is 3. The highest BCUT2D eigenvalue weighted by Crippen LogP contribution is 2.23. The molecule has 0 aliphatic heterocycles. The van der Waals surface area contributed by atoms with Crippen molar-refractivity contribution in [3.63, 3.8) is 0 Å². The van der Waals surface area contributed by atoms with E-state index in [1.807, 2.05) is 12.1 Å². The van der Waals surface area contributed by atoms with Crippen LogP contribution in [0.3, 0.4) is 0 Å². The Morgan fingerprint density at radius 3 is 2.34 bits per heavy atom. The largest absolute Gasteiger partial charge is 0.271 e. The Morgan fingerprint density at radius 1 is 1.14 bits per heavy atom. The van der Waals surface area contributed by atoms with Crippen LogP contribution in [0.15, 0.2) is 53.6 Å². The third kappa shape index (κ3) is 4.71. The summed E-state index contributed by atoms with van der Waals surface area (Å²) in [5, 5.41) is 8.69. The second kappa shape index (κ2) is 8.17. The van der Waals surface area contributed by atoms with Gasteiger partial charge in [-0.25, -0.2) is 14.5 Å². The zero-order valence-electron chi connectivity index (χ0n) is 16.7. The maximum Gasteiger partial charge on any atom is 0.271 e. The average Bonchev–Trinajstić information content (AvgIpc) is 2.96. The smallest absolute Gasteiger partial charge is 0.267 e. The zero-order chi connectivity index (χ0) is 21.2. The van der Waals surface area contributed by atoms with Gasteiger partial charge in [0.25, 0.3) is 5.91 Å². The van der Waals surface area contributed by atoms with Gasteiger partial charge < -0.3 is 0 Å². The summed E-state index contributed by atoms with van der Waals surface area (Å²) in [6.45, 7) is 8.12. The van der Waals surface area contributed by atoms with E-state index in [4.69, 9.17) is 11.6 Å². The lowest BCUT2D eigenvalue weighted by atomic mass is 9.87. The minimum absolute atomic E-state index is 0.0200. The van der Waals surface area contributed by atoms with Crippen molar-refractivity contribution in [2.24, 2.45) is 5.10 Å². The van der Waals surface area contributed by atoms with Crippen molar-refractivity contribution < 1.29 is 9.18 Å². The Bertz CT molecular complexity index is 1050. The number of aromatic nitrogens is 2. The number of benzene rings is 2. The lowest BCUT2D eigenvalue weighted by molar-refractivity contribution is 0.0955. The predicted octanol–water partition coefficient (Wildman–Crippen LogP) is 5.03. The van der Waals surface area contributed by atoms with E-state index >= 15 is 0 Å². The summed E-state index contributed by atoms with van der Waals surface area (Å²) in [6.07, 6.45) is 1.45. The topological polar surface area (TPSA) is 59.3 Å². The molecule has 29 heavy (non-hydrogen) atoms. The maximum absolute atomic E-state index is 13.1. The number of hydrogen-bond acceptors (Lipinski definition) is 3. The molecule has 0 fully saturated rings. The Hall–Kier alpha value is -2.99. The third-order valence-corrected chi connectivity index (χ3v) is 4.86. The highest BCUT2D eigenvalue weighted by Gasteiger charge is 2.15. The molecule has 150 valence electrons. The first-order valence-electron chi connectivity index (χ1n) is 9.12. The van der Waals surface area contributed by atoms with Crippen molar-refractivity contribution >= 4 is 23.7 Å². The standard InChI is InChI=1S/C22H22ClFN4O/c1-14-19(20(23)28(27-14)18-11-9-17(24)10-12-18)13-25-26-21(29)15-5-7-16(8-6-15)22(2,3)4/h5-13H,1-4H3,(H,26,29)/b25-13-. The average molecular weight is 413 g/mol. The van der Waals surface area contributed by atoms with Crippen LogP contribution < -0.4 is 5.43 Å². The lowest BCUT2D eigenvalue weighted by Crippen LogP contribution is -2.18. The van der Waals surface area contributed by atoms with Crippen LogP contribution in [0.2, 0.25) is 5.15 Å². The molecule has 0 aliphatic carbocycles. The molecule has 5 nitrogen and oxygen atoms in total. The van der Waals surface area contributed by atoms with E-state index in [9.17, 15) is 9.18 Å². The Morgan fingerprint density at radius 2 is 1.76 bits per heavy atom. The highest BCUT2D eigenvalue weighted by atomic mass is 35.5. The number of halogens is 2. The van der Waals surface area contributed by atoms with Crippen molar-refractivity contribution in [1.29, 1.82) is 0 Å². The van der Waals surface area contributed by atoms with Crippen molar-refractivity contribution in [2.45, 2.75) is 33.1 Å². The first-order valence-corrected chi connectivity index (χ1v) is 9.49. The van der Waals surface area contributed by atoms with Gasteiger partial charge in [0.05, 0.1) is 23.2 Å². The summed E-state index contributed by atoms with van der Waals surface area (Å²) in [6, 6.07) is 13.3. The van der Waals surface area contributed by atoms with E-state index in [2.05, 4.69) is 36.4 Å². The van der Waals surface area contributed by atoms with Gasteiger partial charge in [0, 0.05) is 5.56 Å². The minimum atomic E-state index is -0.339.